The molecule has 1 unspecified atom stereocenters. The van der Waals surface area contributed by atoms with Crippen molar-refractivity contribution in [3.8, 4) is 0 Å². The maximum absolute atomic E-state index is 12.8. The van der Waals surface area contributed by atoms with Gasteiger partial charge >= 0.3 is 0 Å². The molecule has 1 atom stereocenters. The van der Waals surface area contributed by atoms with Crippen molar-refractivity contribution < 1.29 is 9.21 Å². The molecule has 1 aliphatic heterocycles. The molecule has 6 heteroatoms. The molecule has 0 aromatic carbocycles. The number of carbonyl (C=O) groups is 1. The molecule has 3 heterocycles. The highest BCUT2D eigenvalue weighted by molar-refractivity contribution is 5.91. The van der Waals surface area contributed by atoms with Crippen LogP contribution in [0.5, 0.6) is 0 Å². The minimum atomic E-state index is -0.0532. The van der Waals surface area contributed by atoms with Crippen LogP contribution in [0.1, 0.15) is 35.5 Å². The molecule has 1 saturated heterocycles. The van der Waals surface area contributed by atoms with E-state index in [1.165, 1.54) is 0 Å². The third-order valence-corrected chi connectivity index (χ3v) is 4.04. The molecule has 0 radical (unpaired) electrons. The highest BCUT2D eigenvalue weighted by Crippen LogP contribution is 2.19. The van der Waals surface area contributed by atoms with Crippen molar-refractivity contribution >= 4 is 18.3 Å². The van der Waals surface area contributed by atoms with E-state index in [2.05, 4.69) is 10.3 Å². The standard InChI is InChI=1S/C17H21N3O2.ClH/c21-17(16-7-4-12-22-16)20(13-14-5-1-2-10-19-14)15-6-3-9-18-11-8-15;/h1-2,4-5,7,10,12,15,18H,3,6,8-9,11,13H2;1H. The Balaban J connectivity index is 0.00000192. The molecule has 3 rings (SSSR count). The lowest BCUT2D eigenvalue weighted by molar-refractivity contribution is 0.0609. The Bertz CT molecular complexity index is 581. The van der Waals surface area contributed by atoms with Gasteiger partial charge in [0.1, 0.15) is 0 Å². The lowest BCUT2D eigenvalue weighted by atomic mass is 10.1. The fraction of sp³-hybridized carbons (Fsp3) is 0.412. The molecule has 1 fully saturated rings. The van der Waals surface area contributed by atoms with E-state index < -0.39 is 0 Å². The van der Waals surface area contributed by atoms with Crippen molar-refractivity contribution in [2.24, 2.45) is 0 Å². The molecular weight excluding hydrogens is 314 g/mol. The van der Waals surface area contributed by atoms with E-state index in [1.807, 2.05) is 23.1 Å². The molecule has 124 valence electrons. The number of carbonyl (C=O) groups excluding carboxylic acids is 1. The van der Waals surface area contributed by atoms with Crippen molar-refractivity contribution in [3.05, 3.63) is 54.2 Å². The molecule has 23 heavy (non-hydrogen) atoms. The van der Waals surface area contributed by atoms with Gasteiger partial charge < -0.3 is 14.6 Å². The van der Waals surface area contributed by atoms with Crippen LogP contribution in [-0.2, 0) is 6.54 Å². The summed E-state index contributed by atoms with van der Waals surface area (Å²) >= 11 is 0. The number of hydrogen-bond donors (Lipinski definition) is 1. The molecule has 1 amide bonds. The van der Waals surface area contributed by atoms with Crippen LogP contribution in [0.4, 0.5) is 0 Å². The second kappa shape index (κ2) is 8.70. The third-order valence-electron chi connectivity index (χ3n) is 4.04. The van der Waals surface area contributed by atoms with Crippen LogP contribution >= 0.6 is 12.4 Å². The average Bonchev–Trinajstić information content (AvgIpc) is 2.96. The van der Waals surface area contributed by atoms with Gasteiger partial charge in [0.25, 0.3) is 5.91 Å². The molecule has 0 aliphatic carbocycles. The van der Waals surface area contributed by atoms with Crippen LogP contribution < -0.4 is 5.32 Å². The summed E-state index contributed by atoms with van der Waals surface area (Å²) in [5.41, 5.74) is 0.902. The molecule has 2 aromatic rings. The van der Waals surface area contributed by atoms with Gasteiger partial charge in [-0.3, -0.25) is 9.78 Å². The summed E-state index contributed by atoms with van der Waals surface area (Å²) in [5.74, 6) is 0.343. The number of aromatic nitrogens is 1. The van der Waals surface area contributed by atoms with Crippen molar-refractivity contribution in [2.75, 3.05) is 13.1 Å². The maximum Gasteiger partial charge on any atom is 0.290 e. The quantitative estimate of drug-likeness (QED) is 0.933. The molecular formula is C17H22ClN3O2. The van der Waals surface area contributed by atoms with Gasteiger partial charge in [-0.25, -0.2) is 0 Å². The monoisotopic (exact) mass is 335 g/mol. The fourth-order valence-corrected chi connectivity index (χ4v) is 2.89. The van der Waals surface area contributed by atoms with Crippen molar-refractivity contribution in [1.82, 2.24) is 15.2 Å². The Morgan fingerprint density at radius 3 is 2.91 bits per heavy atom. The number of pyridine rings is 1. The van der Waals surface area contributed by atoms with Gasteiger partial charge in [-0.1, -0.05) is 6.07 Å². The number of amides is 1. The highest BCUT2D eigenvalue weighted by atomic mass is 35.5. The van der Waals surface area contributed by atoms with Gasteiger partial charge in [0, 0.05) is 12.2 Å². The van der Waals surface area contributed by atoms with Crippen molar-refractivity contribution in [1.29, 1.82) is 0 Å². The van der Waals surface area contributed by atoms with Crippen LogP contribution in [0.15, 0.2) is 47.2 Å². The van der Waals surface area contributed by atoms with E-state index in [-0.39, 0.29) is 24.4 Å². The highest BCUT2D eigenvalue weighted by Gasteiger charge is 2.27. The first-order chi connectivity index (χ1) is 10.8. The minimum Gasteiger partial charge on any atom is -0.459 e. The number of furan rings is 1. The first kappa shape index (κ1) is 17.5. The van der Waals surface area contributed by atoms with E-state index in [4.69, 9.17) is 4.42 Å². The van der Waals surface area contributed by atoms with E-state index in [9.17, 15) is 4.79 Å². The van der Waals surface area contributed by atoms with Crippen LogP contribution in [0.25, 0.3) is 0 Å². The maximum atomic E-state index is 12.8. The Morgan fingerprint density at radius 2 is 2.17 bits per heavy atom. The van der Waals surface area contributed by atoms with Gasteiger partial charge in [0.2, 0.25) is 0 Å². The summed E-state index contributed by atoms with van der Waals surface area (Å²) in [4.78, 5) is 19.1. The Hall–Kier alpha value is -1.85. The second-order valence-corrected chi connectivity index (χ2v) is 5.57. The van der Waals surface area contributed by atoms with Crippen LogP contribution in [0.3, 0.4) is 0 Å². The molecule has 2 aromatic heterocycles. The number of rotatable bonds is 4. The van der Waals surface area contributed by atoms with Gasteiger partial charge in [0.15, 0.2) is 5.76 Å². The van der Waals surface area contributed by atoms with E-state index in [0.29, 0.717) is 12.3 Å². The van der Waals surface area contributed by atoms with E-state index in [1.54, 1.807) is 24.6 Å². The number of halogens is 1. The summed E-state index contributed by atoms with van der Waals surface area (Å²) in [5, 5.41) is 3.39. The van der Waals surface area contributed by atoms with E-state index in [0.717, 1.165) is 38.0 Å². The van der Waals surface area contributed by atoms with Crippen molar-refractivity contribution in [2.45, 2.75) is 31.8 Å². The number of nitrogens with zero attached hydrogens (tertiary/aromatic N) is 2. The molecule has 0 saturated carbocycles. The smallest absolute Gasteiger partial charge is 0.290 e. The summed E-state index contributed by atoms with van der Waals surface area (Å²) in [6, 6.07) is 9.49. The third kappa shape index (κ3) is 4.56. The number of hydrogen-bond acceptors (Lipinski definition) is 4. The predicted molar refractivity (Wildman–Crippen MR) is 90.6 cm³/mol. The Labute approximate surface area is 142 Å². The van der Waals surface area contributed by atoms with Crippen LogP contribution in [-0.4, -0.2) is 34.9 Å². The number of nitrogens with one attached hydrogen (secondary N) is 1. The van der Waals surface area contributed by atoms with E-state index >= 15 is 0 Å². The summed E-state index contributed by atoms with van der Waals surface area (Å²) < 4.78 is 5.31. The van der Waals surface area contributed by atoms with Gasteiger partial charge in [-0.2, -0.15) is 0 Å². The lowest BCUT2D eigenvalue weighted by Gasteiger charge is -2.30. The topological polar surface area (TPSA) is 58.4 Å². The zero-order valence-electron chi connectivity index (χ0n) is 13.0. The first-order valence-electron chi connectivity index (χ1n) is 7.79. The second-order valence-electron chi connectivity index (χ2n) is 5.57. The zero-order chi connectivity index (χ0) is 15.2. The Morgan fingerprint density at radius 1 is 1.26 bits per heavy atom. The zero-order valence-corrected chi connectivity index (χ0v) is 13.8. The SMILES string of the molecule is Cl.O=C(c1ccco1)N(Cc1ccccn1)C1CCCNCC1. The molecule has 1 aliphatic rings. The Kier molecular flexibility index (Phi) is 6.62. The molecule has 0 spiro atoms. The van der Waals surface area contributed by atoms with Crippen LogP contribution in [0.2, 0.25) is 0 Å². The minimum absolute atomic E-state index is 0. The van der Waals surface area contributed by atoms with Crippen LogP contribution in [0, 0.1) is 0 Å². The molecule has 5 nitrogen and oxygen atoms in total. The van der Waals surface area contributed by atoms with Gasteiger partial charge in [0.05, 0.1) is 18.5 Å². The lowest BCUT2D eigenvalue weighted by Crippen LogP contribution is -2.40. The summed E-state index contributed by atoms with van der Waals surface area (Å²) in [6.45, 7) is 2.47. The molecule has 1 N–H and O–H groups in total. The summed E-state index contributed by atoms with van der Waals surface area (Å²) in [6.07, 6.45) is 6.35. The molecule has 0 bridgehead atoms. The summed E-state index contributed by atoms with van der Waals surface area (Å²) in [7, 11) is 0. The normalized spacial score (nSPS) is 17.8. The average molecular weight is 336 g/mol. The largest absolute Gasteiger partial charge is 0.459 e. The first-order valence-corrected chi connectivity index (χ1v) is 7.79. The van der Waals surface area contributed by atoms with Gasteiger partial charge in [-0.05, 0) is 56.6 Å². The predicted octanol–water partition coefficient (Wildman–Crippen LogP) is 2.88. The fourth-order valence-electron chi connectivity index (χ4n) is 2.89. The van der Waals surface area contributed by atoms with Crippen molar-refractivity contribution in [3.63, 3.8) is 0 Å². The van der Waals surface area contributed by atoms with Gasteiger partial charge in [-0.15, -0.1) is 12.4 Å².